The highest BCUT2D eigenvalue weighted by Crippen LogP contribution is 2.39. The molecule has 2 aliphatic heterocycles. The molecular formula is C31H27NO8. The lowest BCUT2D eigenvalue weighted by Gasteiger charge is -2.37. The van der Waals surface area contributed by atoms with Gasteiger partial charge in [0.1, 0.15) is 17.9 Å². The molecule has 0 fully saturated rings. The maximum absolute atomic E-state index is 13.6. The van der Waals surface area contributed by atoms with Gasteiger partial charge in [-0.15, -0.1) is 0 Å². The van der Waals surface area contributed by atoms with Gasteiger partial charge in [-0.05, 0) is 65.6 Å². The minimum absolute atomic E-state index is 0.111. The Labute approximate surface area is 230 Å². The summed E-state index contributed by atoms with van der Waals surface area (Å²) in [5, 5.41) is 0.672. The van der Waals surface area contributed by atoms with Crippen LogP contribution in [-0.4, -0.2) is 45.0 Å². The fraction of sp³-hybridized carbons (Fsp3) is 0.226. The van der Waals surface area contributed by atoms with Crippen LogP contribution in [0.2, 0.25) is 0 Å². The van der Waals surface area contributed by atoms with Crippen molar-refractivity contribution >= 4 is 23.0 Å². The Bertz CT molecular complexity index is 1670. The second kappa shape index (κ2) is 10.7. The van der Waals surface area contributed by atoms with Crippen molar-refractivity contribution < 1.29 is 32.9 Å². The fourth-order valence-electron chi connectivity index (χ4n) is 5.12. The maximum Gasteiger partial charge on any atom is 0.339 e. The molecule has 9 nitrogen and oxygen atoms in total. The highest BCUT2D eigenvalue weighted by molar-refractivity contribution is 5.92. The van der Waals surface area contributed by atoms with E-state index >= 15 is 0 Å². The molecule has 0 aliphatic carbocycles. The van der Waals surface area contributed by atoms with Crippen LogP contribution in [0.5, 0.6) is 28.7 Å². The number of methoxy groups -OCH3 is 2. The van der Waals surface area contributed by atoms with Gasteiger partial charge >= 0.3 is 5.63 Å². The van der Waals surface area contributed by atoms with Crippen molar-refractivity contribution in [1.82, 2.24) is 4.90 Å². The lowest BCUT2D eigenvalue weighted by atomic mass is 9.92. The summed E-state index contributed by atoms with van der Waals surface area (Å²) in [7, 11) is 3.17. The first-order chi connectivity index (χ1) is 19.5. The molecule has 0 spiro atoms. The third kappa shape index (κ3) is 4.82. The van der Waals surface area contributed by atoms with Gasteiger partial charge in [0.15, 0.2) is 23.0 Å². The molecule has 9 heteroatoms. The third-order valence-electron chi connectivity index (χ3n) is 7.11. The molecule has 0 radical (unpaired) electrons. The van der Waals surface area contributed by atoms with Crippen LogP contribution in [0.3, 0.4) is 0 Å². The molecule has 2 aliphatic rings. The first-order valence-electron chi connectivity index (χ1n) is 12.8. The van der Waals surface area contributed by atoms with E-state index in [1.165, 1.54) is 6.07 Å². The summed E-state index contributed by atoms with van der Waals surface area (Å²) in [6, 6.07) is 17.4. The number of ether oxygens (including phenoxy) is 5. The van der Waals surface area contributed by atoms with Crippen molar-refractivity contribution in [3.8, 4) is 28.7 Å². The van der Waals surface area contributed by atoms with Crippen LogP contribution in [0.1, 0.15) is 22.7 Å². The number of rotatable bonds is 7. The number of fused-ring (bicyclic) bond motifs is 3. The largest absolute Gasteiger partial charge is 0.493 e. The summed E-state index contributed by atoms with van der Waals surface area (Å²) < 4.78 is 33.5. The van der Waals surface area contributed by atoms with Crippen LogP contribution in [0.4, 0.5) is 0 Å². The molecule has 1 aromatic heterocycles. The Hall–Kier alpha value is -4.92. The molecule has 1 unspecified atom stereocenters. The van der Waals surface area contributed by atoms with E-state index in [4.69, 9.17) is 28.1 Å². The standard InChI is InChI=1S/C31H27NO8/c1-35-27-14-20-11-12-32(30(33)10-8-19-7-9-25-29(13-19)39-18-38-25)23(22(20)15-28(27)36-2)17-37-26-16-31(34)40-24-6-4-3-5-21(24)26/h3-10,13-16,23H,11-12,17-18H2,1-2H3/b10-8+. The molecule has 204 valence electrons. The molecule has 0 bridgehead atoms. The van der Waals surface area contributed by atoms with Gasteiger partial charge in [0.05, 0.1) is 31.7 Å². The summed E-state index contributed by atoms with van der Waals surface area (Å²) in [5.41, 5.74) is 2.66. The molecular weight excluding hydrogens is 514 g/mol. The van der Waals surface area contributed by atoms with E-state index in [9.17, 15) is 9.59 Å². The van der Waals surface area contributed by atoms with Gasteiger partial charge in [0, 0.05) is 12.6 Å². The Morgan fingerprint density at radius 3 is 2.62 bits per heavy atom. The van der Waals surface area contributed by atoms with Gasteiger partial charge in [-0.1, -0.05) is 18.2 Å². The first kappa shape index (κ1) is 25.4. The van der Waals surface area contributed by atoms with Crippen LogP contribution < -0.4 is 29.3 Å². The predicted molar refractivity (Wildman–Crippen MR) is 147 cm³/mol. The molecule has 40 heavy (non-hydrogen) atoms. The Balaban J connectivity index is 1.33. The monoisotopic (exact) mass is 541 g/mol. The van der Waals surface area contributed by atoms with Crippen molar-refractivity contribution in [2.24, 2.45) is 0 Å². The zero-order chi connectivity index (χ0) is 27.6. The second-order valence-corrected chi connectivity index (χ2v) is 9.39. The summed E-state index contributed by atoms with van der Waals surface area (Å²) >= 11 is 0. The van der Waals surface area contributed by atoms with Gasteiger partial charge in [0.2, 0.25) is 12.7 Å². The second-order valence-electron chi connectivity index (χ2n) is 9.39. The SMILES string of the molecule is COc1cc2c(cc1OC)C(COc1cc(=O)oc3ccccc13)N(C(=O)/C=C/c1ccc3c(c1)OCO3)CC2. The minimum Gasteiger partial charge on any atom is -0.493 e. The van der Waals surface area contributed by atoms with E-state index in [-0.39, 0.29) is 19.3 Å². The molecule has 1 atom stereocenters. The van der Waals surface area contributed by atoms with Gasteiger partial charge in [0.25, 0.3) is 0 Å². The Morgan fingerprint density at radius 1 is 0.975 bits per heavy atom. The average molecular weight is 542 g/mol. The van der Waals surface area contributed by atoms with Crippen LogP contribution in [0.25, 0.3) is 17.0 Å². The third-order valence-corrected chi connectivity index (χ3v) is 7.11. The van der Waals surface area contributed by atoms with E-state index in [1.807, 2.05) is 42.5 Å². The predicted octanol–water partition coefficient (Wildman–Crippen LogP) is 4.76. The quantitative estimate of drug-likeness (QED) is 0.244. The van der Waals surface area contributed by atoms with Crippen LogP contribution in [0, 0.1) is 0 Å². The molecule has 0 saturated carbocycles. The number of carbonyl (C=O) groups excluding carboxylic acids is 1. The highest BCUT2D eigenvalue weighted by atomic mass is 16.7. The smallest absolute Gasteiger partial charge is 0.339 e. The molecule has 6 rings (SSSR count). The lowest BCUT2D eigenvalue weighted by molar-refractivity contribution is -0.129. The Kier molecular flexibility index (Phi) is 6.77. The molecule has 0 saturated heterocycles. The van der Waals surface area contributed by atoms with Crippen molar-refractivity contribution in [3.63, 3.8) is 0 Å². The number of carbonyl (C=O) groups is 1. The van der Waals surface area contributed by atoms with Crippen molar-refractivity contribution in [3.05, 3.63) is 93.9 Å². The maximum atomic E-state index is 13.6. The number of hydrogen-bond acceptors (Lipinski definition) is 8. The van der Waals surface area contributed by atoms with Crippen LogP contribution in [0.15, 0.2) is 76.0 Å². The van der Waals surface area contributed by atoms with Crippen LogP contribution >= 0.6 is 0 Å². The zero-order valence-electron chi connectivity index (χ0n) is 22.0. The fourth-order valence-corrected chi connectivity index (χ4v) is 5.12. The van der Waals surface area contributed by atoms with Crippen LogP contribution in [-0.2, 0) is 11.2 Å². The Morgan fingerprint density at radius 2 is 1.77 bits per heavy atom. The number of benzene rings is 3. The number of para-hydroxylation sites is 1. The summed E-state index contributed by atoms with van der Waals surface area (Å²) in [6.07, 6.45) is 3.93. The van der Waals surface area contributed by atoms with Gasteiger partial charge < -0.3 is 33.0 Å². The first-order valence-corrected chi connectivity index (χ1v) is 12.8. The van der Waals surface area contributed by atoms with E-state index in [0.717, 1.165) is 16.7 Å². The van der Waals surface area contributed by atoms with Crippen molar-refractivity contribution in [2.45, 2.75) is 12.5 Å². The average Bonchev–Trinajstić information content (AvgIpc) is 3.45. The molecule has 1 amide bonds. The van der Waals surface area contributed by atoms with Crippen molar-refractivity contribution in [2.75, 3.05) is 34.2 Å². The summed E-state index contributed by atoms with van der Waals surface area (Å²) in [4.78, 5) is 27.6. The molecule has 3 heterocycles. The molecule has 0 N–H and O–H groups in total. The molecule has 4 aromatic rings. The minimum atomic E-state index is -0.510. The zero-order valence-corrected chi connectivity index (χ0v) is 22.0. The van der Waals surface area contributed by atoms with E-state index in [1.54, 1.807) is 43.4 Å². The topological polar surface area (TPSA) is 96.7 Å². The van der Waals surface area contributed by atoms with Gasteiger partial charge in [-0.2, -0.15) is 0 Å². The van der Waals surface area contributed by atoms with Crippen molar-refractivity contribution in [1.29, 1.82) is 0 Å². The van der Waals surface area contributed by atoms with E-state index in [2.05, 4.69) is 0 Å². The number of nitrogens with zero attached hydrogens (tertiary/aromatic N) is 1. The lowest BCUT2D eigenvalue weighted by Crippen LogP contribution is -2.41. The number of hydrogen-bond donors (Lipinski definition) is 0. The van der Waals surface area contributed by atoms with E-state index < -0.39 is 11.7 Å². The van der Waals surface area contributed by atoms with Gasteiger partial charge in [-0.25, -0.2) is 4.79 Å². The van der Waals surface area contributed by atoms with E-state index in [0.29, 0.717) is 52.7 Å². The number of amides is 1. The molecule has 3 aromatic carbocycles. The normalized spacial score (nSPS) is 15.8. The summed E-state index contributed by atoms with van der Waals surface area (Å²) in [5.74, 6) is 2.72. The van der Waals surface area contributed by atoms with Gasteiger partial charge in [-0.3, -0.25) is 4.79 Å². The highest BCUT2D eigenvalue weighted by Gasteiger charge is 2.32. The summed E-state index contributed by atoms with van der Waals surface area (Å²) in [6.45, 7) is 0.765.